The van der Waals surface area contributed by atoms with E-state index in [0.717, 1.165) is 38.3 Å². The molecule has 0 bridgehead atoms. The third-order valence-electron chi connectivity index (χ3n) is 2.21. The quantitative estimate of drug-likeness (QED) is 0.686. The zero-order valence-corrected chi connectivity index (χ0v) is 10.2. The van der Waals surface area contributed by atoms with Crippen molar-refractivity contribution in [3.63, 3.8) is 0 Å². The Bertz CT molecular complexity index is 309. The molecule has 4 heteroatoms. The summed E-state index contributed by atoms with van der Waals surface area (Å²) in [5, 5.41) is 3.22. The van der Waals surface area contributed by atoms with E-state index in [2.05, 4.69) is 35.6 Å². The smallest absolute Gasteiger partial charge is 0.297 e. The summed E-state index contributed by atoms with van der Waals surface area (Å²) in [6.07, 6.45) is 4.65. The SMILES string of the molecule is C=CCN(CCC)c1nc(CNCC)co1. The van der Waals surface area contributed by atoms with Crippen LogP contribution >= 0.6 is 0 Å². The first-order valence-electron chi connectivity index (χ1n) is 5.82. The van der Waals surface area contributed by atoms with Gasteiger partial charge in [0.2, 0.25) is 0 Å². The molecule has 0 saturated heterocycles. The van der Waals surface area contributed by atoms with Gasteiger partial charge in [-0.2, -0.15) is 4.98 Å². The molecule has 0 atom stereocenters. The highest BCUT2D eigenvalue weighted by atomic mass is 16.4. The Morgan fingerprint density at radius 1 is 1.56 bits per heavy atom. The molecule has 0 radical (unpaired) electrons. The van der Waals surface area contributed by atoms with E-state index in [1.54, 1.807) is 6.26 Å². The standard InChI is InChI=1S/C12H21N3O/c1-4-7-15(8-5-2)12-14-11(10-16-12)9-13-6-3/h4,10,13H,1,5-9H2,2-3H3. The molecule has 16 heavy (non-hydrogen) atoms. The molecular formula is C12H21N3O. The number of oxazole rings is 1. The van der Waals surface area contributed by atoms with Crippen molar-refractivity contribution in [3.8, 4) is 0 Å². The maximum absolute atomic E-state index is 5.46. The highest BCUT2D eigenvalue weighted by Gasteiger charge is 2.10. The molecule has 0 saturated carbocycles. The zero-order chi connectivity index (χ0) is 11.8. The first kappa shape index (κ1) is 12.8. The fourth-order valence-corrected chi connectivity index (χ4v) is 1.47. The van der Waals surface area contributed by atoms with Crippen molar-refractivity contribution in [1.29, 1.82) is 0 Å². The molecular weight excluding hydrogens is 202 g/mol. The molecule has 90 valence electrons. The Labute approximate surface area is 97.3 Å². The van der Waals surface area contributed by atoms with Crippen molar-refractivity contribution >= 4 is 6.01 Å². The van der Waals surface area contributed by atoms with Crippen molar-refractivity contribution < 1.29 is 4.42 Å². The van der Waals surface area contributed by atoms with Gasteiger partial charge in [0.05, 0.1) is 5.69 Å². The maximum atomic E-state index is 5.46. The van der Waals surface area contributed by atoms with Crippen LogP contribution < -0.4 is 10.2 Å². The first-order valence-corrected chi connectivity index (χ1v) is 5.82. The van der Waals surface area contributed by atoms with Crippen LogP contribution in [0.5, 0.6) is 0 Å². The van der Waals surface area contributed by atoms with E-state index < -0.39 is 0 Å². The van der Waals surface area contributed by atoms with E-state index in [1.807, 2.05) is 6.08 Å². The van der Waals surface area contributed by atoms with Gasteiger partial charge in [-0.05, 0) is 13.0 Å². The monoisotopic (exact) mass is 223 g/mol. The molecule has 1 rings (SSSR count). The lowest BCUT2D eigenvalue weighted by molar-refractivity contribution is 0.537. The Morgan fingerprint density at radius 2 is 2.38 bits per heavy atom. The summed E-state index contributed by atoms with van der Waals surface area (Å²) >= 11 is 0. The lowest BCUT2D eigenvalue weighted by Gasteiger charge is -2.17. The second-order valence-corrected chi connectivity index (χ2v) is 3.64. The highest BCUT2D eigenvalue weighted by Crippen LogP contribution is 2.13. The summed E-state index contributed by atoms with van der Waals surface area (Å²) in [6.45, 7) is 11.4. The molecule has 0 spiro atoms. The summed E-state index contributed by atoms with van der Waals surface area (Å²) in [4.78, 5) is 6.52. The van der Waals surface area contributed by atoms with Gasteiger partial charge in [-0.3, -0.25) is 0 Å². The van der Waals surface area contributed by atoms with Crippen LogP contribution in [0.4, 0.5) is 6.01 Å². The summed E-state index contributed by atoms with van der Waals surface area (Å²) in [5.74, 6) is 0. The Morgan fingerprint density at radius 3 is 3.00 bits per heavy atom. The van der Waals surface area contributed by atoms with Crippen LogP contribution in [-0.4, -0.2) is 24.6 Å². The van der Waals surface area contributed by atoms with Crippen molar-refractivity contribution in [2.45, 2.75) is 26.8 Å². The molecule has 1 aromatic heterocycles. The van der Waals surface area contributed by atoms with Crippen molar-refractivity contribution in [2.24, 2.45) is 0 Å². The third kappa shape index (κ3) is 3.70. The average molecular weight is 223 g/mol. The van der Waals surface area contributed by atoms with Crippen molar-refractivity contribution in [1.82, 2.24) is 10.3 Å². The lowest BCUT2D eigenvalue weighted by atomic mass is 10.4. The van der Waals surface area contributed by atoms with Crippen LogP contribution in [0, 0.1) is 0 Å². The van der Waals surface area contributed by atoms with Crippen LogP contribution in [0.25, 0.3) is 0 Å². The minimum atomic E-state index is 0.689. The second kappa shape index (κ2) is 7.06. The average Bonchev–Trinajstić information content (AvgIpc) is 2.74. The van der Waals surface area contributed by atoms with Gasteiger partial charge >= 0.3 is 0 Å². The summed E-state index contributed by atoms with van der Waals surface area (Å²) in [5.41, 5.74) is 0.946. The third-order valence-corrected chi connectivity index (χ3v) is 2.21. The maximum Gasteiger partial charge on any atom is 0.297 e. The van der Waals surface area contributed by atoms with Crippen molar-refractivity contribution in [3.05, 3.63) is 24.6 Å². The van der Waals surface area contributed by atoms with Gasteiger partial charge in [0, 0.05) is 19.6 Å². The van der Waals surface area contributed by atoms with Gasteiger partial charge in [-0.1, -0.05) is 19.9 Å². The molecule has 0 aliphatic rings. The van der Waals surface area contributed by atoms with E-state index in [1.165, 1.54) is 0 Å². The molecule has 0 unspecified atom stereocenters. The van der Waals surface area contributed by atoms with Crippen LogP contribution in [0.1, 0.15) is 26.0 Å². The number of anilines is 1. The number of hydrogen-bond donors (Lipinski definition) is 1. The van der Waals surface area contributed by atoms with Crippen LogP contribution in [0.2, 0.25) is 0 Å². The topological polar surface area (TPSA) is 41.3 Å². The molecule has 1 heterocycles. The molecule has 0 aliphatic heterocycles. The predicted octanol–water partition coefficient (Wildman–Crippen LogP) is 2.19. The molecule has 1 N–H and O–H groups in total. The van der Waals surface area contributed by atoms with E-state index in [4.69, 9.17) is 4.42 Å². The van der Waals surface area contributed by atoms with Gasteiger partial charge < -0.3 is 14.6 Å². The predicted molar refractivity (Wildman–Crippen MR) is 66.6 cm³/mol. The Kier molecular flexibility index (Phi) is 5.64. The molecule has 1 aromatic rings. The summed E-state index contributed by atoms with van der Waals surface area (Å²) < 4.78 is 5.46. The Balaban J connectivity index is 2.61. The van der Waals surface area contributed by atoms with E-state index in [-0.39, 0.29) is 0 Å². The van der Waals surface area contributed by atoms with Gasteiger partial charge in [0.1, 0.15) is 6.26 Å². The van der Waals surface area contributed by atoms with Crippen molar-refractivity contribution in [2.75, 3.05) is 24.5 Å². The van der Waals surface area contributed by atoms with Crippen LogP contribution in [0.3, 0.4) is 0 Å². The number of aromatic nitrogens is 1. The van der Waals surface area contributed by atoms with Gasteiger partial charge in [-0.15, -0.1) is 6.58 Å². The van der Waals surface area contributed by atoms with Gasteiger partial charge in [0.25, 0.3) is 6.01 Å². The van der Waals surface area contributed by atoms with E-state index in [0.29, 0.717) is 6.01 Å². The summed E-state index contributed by atoms with van der Waals surface area (Å²) in [6, 6.07) is 0.689. The second-order valence-electron chi connectivity index (χ2n) is 3.64. The minimum absolute atomic E-state index is 0.689. The van der Waals surface area contributed by atoms with Crippen LogP contribution in [0.15, 0.2) is 23.3 Å². The molecule has 0 aliphatic carbocycles. The Hall–Kier alpha value is -1.29. The van der Waals surface area contributed by atoms with Crippen LogP contribution in [-0.2, 0) is 6.54 Å². The highest BCUT2D eigenvalue weighted by molar-refractivity contribution is 5.28. The first-order chi connectivity index (χ1) is 7.81. The fraction of sp³-hybridized carbons (Fsp3) is 0.583. The minimum Gasteiger partial charge on any atom is -0.432 e. The van der Waals surface area contributed by atoms with E-state index in [9.17, 15) is 0 Å². The van der Waals surface area contributed by atoms with Gasteiger partial charge in [0.15, 0.2) is 0 Å². The molecule has 0 amide bonds. The number of rotatable bonds is 8. The van der Waals surface area contributed by atoms with E-state index >= 15 is 0 Å². The largest absolute Gasteiger partial charge is 0.432 e. The normalized spacial score (nSPS) is 10.4. The number of nitrogens with one attached hydrogen (secondary N) is 1. The fourth-order valence-electron chi connectivity index (χ4n) is 1.47. The molecule has 0 aromatic carbocycles. The lowest BCUT2D eigenvalue weighted by Crippen LogP contribution is -2.24. The summed E-state index contributed by atoms with van der Waals surface area (Å²) in [7, 11) is 0. The van der Waals surface area contributed by atoms with Gasteiger partial charge in [-0.25, -0.2) is 0 Å². The molecule has 4 nitrogen and oxygen atoms in total. The number of nitrogens with zero attached hydrogens (tertiary/aromatic N) is 2. The zero-order valence-electron chi connectivity index (χ0n) is 10.2. The number of hydrogen-bond acceptors (Lipinski definition) is 4. The molecule has 0 fully saturated rings.